The Labute approximate surface area is 167 Å². The Morgan fingerprint density at radius 3 is 2.18 bits per heavy atom. The lowest BCUT2D eigenvalue weighted by atomic mass is 9.81. The molecule has 0 saturated heterocycles. The van der Waals surface area contributed by atoms with E-state index in [9.17, 15) is 14.4 Å². The summed E-state index contributed by atoms with van der Waals surface area (Å²) in [6, 6.07) is 7.99. The molecule has 0 spiro atoms. The van der Waals surface area contributed by atoms with Crippen molar-refractivity contribution in [3.63, 3.8) is 0 Å². The summed E-state index contributed by atoms with van der Waals surface area (Å²) < 4.78 is 0. The van der Waals surface area contributed by atoms with Gasteiger partial charge in [-0.25, -0.2) is 0 Å². The van der Waals surface area contributed by atoms with Crippen LogP contribution in [0.15, 0.2) is 36.4 Å². The molecule has 5 N–H and O–H groups in total. The summed E-state index contributed by atoms with van der Waals surface area (Å²) >= 11 is 0. The van der Waals surface area contributed by atoms with Crippen LogP contribution in [0.3, 0.4) is 0 Å². The highest BCUT2D eigenvalue weighted by atomic mass is 16.2. The fourth-order valence-electron chi connectivity index (χ4n) is 2.98. The van der Waals surface area contributed by atoms with Crippen molar-refractivity contribution in [1.29, 1.82) is 0 Å². The van der Waals surface area contributed by atoms with Gasteiger partial charge in [-0.05, 0) is 43.2 Å². The molecule has 2 aliphatic rings. The van der Waals surface area contributed by atoms with E-state index in [2.05, 4.69) is 32.2 Å². The van der Waals surface area contributed by atoms with E-state index in [0.29, 0.717) is 19.3 Å². The van der Waals surface area contributed by atoms with Crippen molar-refractivity contribution in [3.05, 3.63) is 42.0 Å². The van der Waals surface area contributed by atoms with Gasteiger partial charge in [0.05, 0.1) is 5.41 Å². The molecule has 0 fully saturated rings. The van der Waals surface area contributed by atoms with Crippen molar-refractivity contribution >= 4 is 23.4 Å². The molecule has 3 amide bonds. The van der Waals surface area contributed by atoms with Gasteiger partial charge in [-0.3, -0.25) is 14.4 Å². The lowest BCUT2D eigenvalue weighted by Gasteiger charge is -2.22. The Morgan fingerprint density at radius 2 is 1.64 bits per heavy atom. The first-order chi connectivity index (χ1) is 13.2. The number of nitrogens with one attached hydrogen (secondary N) is 1. The number of carbonyl (C=O) groups is 3. The molecule has 1 aliphatic carbocycles. The number of hydrogen-bond donors (Lipinski definition) is 3. The SMILES string of the molecule is CC(C)C.NC(=O)CC1(C(N)=O)CC=CC1.O=C1CCCc2ccccc2N1. The highest BCUT2D eigenvalue weighted by Crippen LogP contribution is 2.36. The van der Waals surface area contributed by atoms with E-state index >= 15 is 0 Å². The summed E-state index contributed by atoms with van der Waals surface area (Å²) in [4.78, 5) is 32.8. The van der Waals surface area contributed by atoms with Crippen molar-refractivity contribution in [3.8, 4) is 0 Å². The highest BCUT2D eigenvalue weighted by molar-refractivity contribution is 5.92. The van der Waals surface area contributed by atoms with E-state index in [-0.39, 0.29) is 12.3 Å². The van der Waals surface area contributed by atoms with Gasteiger partial charge in [0.1, 0.15) is 0 Å². The number of fused-ring (bicyclic) bond motifs is 1. The number of hydrogen-bond acceptors (Lipinski definition) is 3. The van der Waals surface area contributed by atoms with Crippen LogP contribution in [-0.4, -0.2) is 17.7 Å². The molecule has 1 aliphatic heterocycles. The van der Waals surface area contributed by atoms with E-state index in [1.807, 2.05) is 30.4 Å². The second-order valence-electron chi connectivity index (χ2n) is 7.96. The molecular weight excluding hydrogens is 354 g/mol. The van der Waals surface area contributed by atoms with Crippen LogP contribution in [0.4, 0.5) is 5.69 Å². The fourth-order valence-corrected chi connectivity index (χ4v) is 2.98. The topological polar surface area (TPSA) is 115 Å². The number of para-hydroxylation sites is 1. The number of nitrogens with two attached hydrogens (primary N) is 2. The summed E-state index contributed by atoms with van der Waals surface area (Å²) in [5.74, 6) is 0.0590. The minimum atomic E-state index is -0.730. The standard InChI is InChI=1S/C10H11NO.C8H12N2O2.C4H10/c12-10-7-3-5-8-4-1-2-6-9(8)11-10;9-6(11)5-8(7(10)12)3-1-2-4-8;1-4(2)3/h1-2,4,6H,3,5,7H2,(H,11,12);1-2H,3-5H2,(H2,9,11)(H2,10,12);4H,1-3H3. The average Bonchev–Trinajstić information content (AvgIpc) is 2.97. The van der Waals surface area contributed by atoms with Crippen LogP contribution in [0.5, 0.6) is 0 Å². The first kappa shape index (κ1) is 23.4. The summed E-state index contributed by atoms with van der Waals surface area (Å²) in [6.07, 6.45) is 7.44. The summed E-state index contributed by atoms with van der Waals surface area (Å²) in [6.45, 7) is 6.50. The smallest absolute Gasteiger partial charge is 0.224 e. The number of amides is 3. The van der Waals surface area contributed by atoms with Gasteiger partial charge < -0.3 is 16.8 Å². The third-order valence-electron chi connectivity index (χ3n) is 4.36. The van der Waals surface area contributed by atoms with Gasteiger partial charge >= 0.3 is 0 Å². The molecule has 3 rings (SSSR count). The van der Waals surface area contributed by atoms with Crippen molar-refractivity contribution in [1.82, 2.24) is 0 Å². The van der Waals surface area contributed by atoms with Crippen LogP contribution in [0.25, 0.3) is 0 Å². The second kappa shape index (κ2) is 11.3. The predicted octanol–water partition coefficient (Wildman–Crippen LogP) is 3.31. The number of primary amides is 2. The second-order valence-corrected chi connectivity index (χ2v) is 7.96. The lowest BCUT2D eigenvalue weighted by molar-refractivity contribution is -0.132. The van der Waals surface area contributed by atoms with Gasteiger partial charge in [-0.2, -0.15) is 0 Å². The van der Waals surface area contributed by atoms with Crippen LogP contribution in [0.2, 0.25) is 0 Å². The molecule has 0 unspecified atom stereocenters. The van der Waals surface area contributed by atoms with Crippen LogP contribution >= 0.6 is 0 Å². The zero-order chi connectivity index (χ0) is 21.2. The monoisotopic (exact) mass is 387 g/mol. The molecule has 0 atom stereocenters. The Balaban J connectivity index is 0.000000236. The Kier molecular flexibility index (Phi) is 9.42. The molecule has 28 heavy (non-hydrogen) atoms. The van der Waals surface area contributed by atoms with Crippen LogP contribution in [-0.2, 0) is 20.8 Å². The fraction of sp³-hybridized carbons (Fsp3) is 0.500. The molecule has 0 bridgehead atoms. The zero-order valence-electron chi connectivity index (χ0n) is 17.2. The molecule has 0 saturated carbocycles. The van der Waals surface area contributed by atoms with Crippen molar-refractivity contribution < 1.29 is 14.4 Å². The maximum atomic E-state index is 11.1. The molecule has 6 nitrogen and oxygen atoms in total. The number of benzene rings is 1. The number of aryl methyl sites for hydroxylation is 1. The Morgan fingerprint density at radius 1 is 1.07 bits per heavy atom. The van der Waals surface area contributed by atoms with Gasteiger partial charge in [0, 0.05) is 18.5 Å². The maximum Gasteiger partial charge on any atom is 0.224 e. The summed E-state index contributed by atoms with van der Waals surface area (Å²) in [5, 5.41) is 2.88. The molecule has 1 aromatic rings. The first-order valence-electron chi connectivity index (χ1n) is 9.77. The molecule has 6 heteroatoms. The predicted molar refractivity (Wildman–Crippen MR) is 112 cm³/mol. The van der Waals surface area contributed by atoms with Crippen LogP contribution < -0.4 is 16.8 Å². The normalized spacial score (nSPS) is 16.5. The molecule has 154 valence electrons. The van der Waals surface area contributed by atoms with E-state index in [1.165, 1.54) is 5.56 Å². The summed E-state index contributed by atoms with van der Waals surface area (Å²) in [5.41, 5.74) is 11.7. The van der Waals surface area contributed by atoms with Crippen molar-refractivity contribution in [2.24, 2.45) is 22.8 Å². The zero-order valence-corrected chi connectivity index (χ0v) is 17.2. The average molecular weight is 388 g/mol. The molecule has 0 radical (unpaired) electrons. The molecule has 0 aromatic heterocycles. The van der Waals surface area contributed by atoms with E-state index in [4.69, 9.17) is 11.5 Å². The van der Waals surface area contributed by atoms with E-state index < -0.39 is 17.2 Å². The Hall–Kier alpha value is -2.63. The van der Waals surface area contributed by atoms with Crippen LogP contribution in [0, 0.1) is 11.3 Å². The quantitative estimate of drug-likeness (QED) is 0.691. The minimum Gasteiger partial charge on any atom is -0.370 e. The third-order valence-corrected chi connectivity index (χ3v) is 4.36. The first-order valence-corrected chi connectivity index (χ1v) is 9.77. The van der Waals surface area contributed by atoms with E-state index in [0.717, 1.165) is 24.4 Å². The van der Waals surface area contributed by atoms with Gasteiger partial charge in [0.25, 0.3) is 0 Å². The molecular formula is C22H33N3O3. The number of rotatable bonds is 3. The lowest BCUT2D eigenvalue weighted by Crippen LogP contribution is -2.38. The minimum absolute atomic E-state index is 0.0509. The summed E-state index contributed by atoms with van der Waals surface area (Å²) in [7, 11) is 0. The van der Waals surface area contributed by atoms with E-state index in [1.54, 1.807) is 0 Å². The maximum absolute atomic E-state index is 11.1. The third kappa shape index (κ3) is 7.94. The molecule has 1 aromatic carbocycles. The van der Waals surface area contributed by atoms with Gasteiger partial charge in [0.2, 0.25) is 17.7 Å². The molecule has 1 heterocycles. The number of anilines is 1. The largest absolute Gasteiger partial charge is 0.370 e. The Bertz CT molecular complexity index is 700. The van der Waals surface area contributed by atoms with Crippen molar-refractivity contribution in [2.45, 2.75) is 59.3 Å². The van der Waals surface area contributed by atoms with Crippen molar-refractivity contribution in [2.75, 3.05) is 5.32 Å². The number of carbonyl (C=O) groups excluding carboxylic acids is 3. The van der Waals surface area contributed by atoms with Crippen LogP contribution in [0.1, 0.15) is 58.4 Å². The van der Waals surface area contributed by atoms with Gasteiger partial charge in [-0.1, -0.05) is 51.1 Å². The highest BCUT2D eigenvalue weighted by Gasteiger charge is 2.38. The van der Waals surface area contributed by atoms with Gasteiger partial charge in [0.15, 0.2) is 0 Å². The van der Waals surface area contributed by atoms with Gasteiger partial charge in [-0.15, -0.1) is 0 Å². The number of allylic oxidation sites excluding steroid dienone is 2.